The maximum absolute atomic E-state index is 13.3. The molecule has 1 amide bonds. The number of hydrogen-bond acceptors (Lipinski definition) is 6. The molecule has 0 radical (unpaired) electrons. The maximum Gasteiger partial charge on any atom is 0.231 e. The first-order chi connectivity index (χ1) is 17.0. The van der Waals surface area contributed by atoms with E-state index >= 15 is 0 Å². The number of likely N-dealkylation sites (N-methyl/N-ethyl adjacent to an activating group) is 1. The first kappa shape index (κ1) is 23.2. The van der Waals surface area contributed by atoms with Crippen molar-refractivity contribution in [3.05, 3.63) is 53.9 Å². The molecule has 1 fully saturated rings. The summed E-state index contributed by atoms with van der Waals surface area (Å²) in [4.78, 5) is 15.6. The van der Waals surface area contributed by atoms with E-state index in [0.29, 0.717) is 24.5 Å². The van der Waals surface area contributed by atoms with Gasteiger partial charge in [0.1, 0.15) is 30.0 Å². The third-order valence-corrected chi connectivity index (χ3v) is 6.80. The Bertz CT molecular complexity index is 1210. The van der Waals surface area contributed by atoms with Crippen molar-refractivity contribution in [1.82, 2.24) is 15.1 Å². The number of nitrogens with zero attached hydrogens (tertiary/aromatic N) is 2. The first-order valence-corrected chi connectivity index (χ1v) is 12.1. The number of aromatic amines is 1. The number of carbonyl (C=O) groups is 1. The number of aryl methyl sites for hydroxylation is 1. The second kappa shape index (κ2) is 10.00. The average Bonchev–Trinajstić information content (AvgIpc) is 3.30. The summed E-state index contributed by atoms with van der Waals surface area (Å²) in [6, 6.07) is 11.6. The molecule has 2 N–H and O–H groups in total. The third kappa shape index (κ3) is 5.12. The summed E-state index contributed by atoms with van der Waals surface area (Å²) in [7, 11) is 3.75. The van der Waals surface area contributed by atoms with Gasteiger partial charge in [0.15, 0.2) is 0 Å². The van der Waals surface area contributed by atoms with Gasteiger partial charge < -0.3 is 24.4 Å². The molecule has 0 spiro atoms. The molecule has 0 unspecified atom stereocenters. The predicted octanol–water partition coefficient (Wildman–Crippen LogP) is 4.06. The Kier molecular flexibility index (Phi) is 6.63. The Balaban J connectivity index is 1.37. The Morgan fingerprint density at radius 2 is 2.14 bits per heavy atom. The molecule has 0 saturated carbocycles. The molecule has 1 saturated heterocycles. The summed E-state index contributed by atoms with van der Waals surface area (Å²) >= 11 is 0. The number of hydrogen-bond donors (Lipinski definition) is 2. The Morgan fingerprint density at radius 3 is 2.91 bits per heavy atom. The zero-order chi connectivity index (χ0) is 24.4. The second-order valence-corrected chi connectivity index (χ2v) is 9.44. The van der Waals surface area contributed by atoms with Crippen molar-refractivity contribution in [2.24, 2.45) is 5.92 Å². The first-order valence-electron chi connectivity index (χ1n) is 12.1. The molecular formula is C27H32N4O4. The van der Waals surface area contributed by atoms with Gasteiger partial charge in [-0.15, -0.1) is 0 Å². The van der Waals surface area contributed by atoms with Crippen molar-refractivity contribution in [2.75, 3.05) is 39.2 Å². The molecule has 3 aromatic rings. The lowest BCUT2D eigenvalue weighted by Gasteiger charge is -2.31. The van der Waals surface area contributed by atoms with E-state index in [1.54, 1.807) is 7.11 Å². The van der Waals surface area contributed by atoms with Crippen molar-refractivity contribution in [3.63, 3.8) is 0 Å². The molecule has 1 aromatic heterocycles. The number of benzene rings is 2. The molecule has 2 aromatic carbocycles. The van der Waals surface area contributed by atoms with Gasteiger partial charge in [0.2, 0.25) is 5.91 Å². The lowest BCUT2D eigenvalue weighted by atomic mass is 9.95. The van der Waals surface area contributed by atoms with Crippen LogP contribution in [-0.4, -0.2) is 61.0 Å². The number of H-pyrrole nitrogens is 1. The van der Waals surface area contributed by atoms with Crippen molar-refractivity contribution in [2.45, 2.75) is 32.3 Å². The van der Waals surface area contributed by atoms with Gasteiger partial charge in [0, 0.05) is 17.8 Å². The van der Waals surface area contributed by atoms with Gasteiger partial charge in [0.05, 0.1) is 24.9 Å². The lowest BCUT2D eigenvalue weighted by Crippen LogP contribution is -2.38. The fraction of sp³-hybridized carbons (Fsp3) is 0.407. The zero-order valence-corrected chi connectivity index (χ0v) is 20.5. The predicted molar refractivity (Wildman–Crippen MR) is 134 cm³/mol. The number of carbonyl (C=O) groups excluding carboxylic acids is 1. The van der Waals surface area contributed by atoms with Crippen molar-refractivity contribution >= 4 is 11.6 Å². The van der Waals surface area contributed by atoms with E-state index in [2.05, 4.69) is 27.5 Å². The fourth-order valence-electron chi connectivity index (χ4n) is 4.83. The molecule has 0 bridgehead atoms. The minimum Gasteiger partial charge on any atom is -0.497 e. The molecule has 184 valence electrons. The summed E-state index contributed by atoms with van der Waals surface area (Å²) in [5.41, 5.74) is 4.64. The SMILES string of the molecule is COc1ccc2c(c1)C[C@H](C(=O)Nc1ccc(-c3cn[nH]c3C)cc1O[C@H]1CCCN(C)C1)CO2. The number of aromatic nitrogens is 2. The number of piperidine rings is 1. The van der Waals surface area contributed by atoms with E-state index in [0.717, 1.165) is 59.8 Å². The molecule has 8 nitrogen and oxygen atoms in total. The number of amides is 1. The third-order valence-electron chi connectivity index (χ3n) is 6.80. The highest BCUT2D eigenvalue weighted by Crippen LogP contribution is 2.35. The van der Waals surface area contributed by atoms with Gasteiger partial charge in [-0.1, -0.05) is 6.07 Å². The van der Waals surface area contributed by atoms with E-state index in [4.69, 9.17) is 14.2 Å². The molecule has 5 rings (SSSR count). The van der Waals surface area contributed by atoms with Crippen LogP contribution in [0.4, 0.5) is 5.69 Å². The summed E-state index contributed by atoms with van der Waals surface area (Å²) < 4.78 is 17.7. The van der Waals surface area contributed by atoms with Crippen LogP contribution in [-0.2, 0) is 11.2 Å². The maximum atomic E-state index is 13.3. The highest BCUT2D eigenvalue weighted by molar-refractivity contribution is 5.95. The van der Waals surface area contributed by atoms with Crippen LogP contribution in [0.3, 0.4) is 0 Å². The number of likely N-dealkylation sites (tertiary alicyclic amines) is 1. The molecule has 2 atom stereocenters. The number of methoxy groups -OCH3 is 1. The Hall–Kier alpha value is -3.52. The summed E-state index contributed by atoms with van der Waals surface area (Å²) in [6.07, 6.45) is 4.55. The van der Waals surface area contributed by atoms with E-state index in [1.165, 1.54) is 0 Å². The van der Waals surface area contributed by atoms with Gasteiger partial charge in [-0.3, -0.25) is 9.89 Å². The monoisotopic (exact) mass is 476 g/mol. The van der Waals surface area contributed by atoms with E-state index in [-0.39, 0.29) is 17.9 Å². The van der Waals surface area contributed by atoms with Crippen molar-refractivity contribution < 1.29 is 19.0 Å². The Labute approximate surface area is 205 Å². The number of anilines is 1. The second-order valence-electron chi connectivity index (χ2n) is 9.44. The van der Waals surface area contributed by atoms with Gasteiger partial charge in [-0.2, -0.15) is 5.10 Å². The topological polar surface area (TPSA) is 88.7 Å². The van der Waals surface area contributed by atoms with Crippen LogP contribution >= 0.6 is 0 Å². The standard InChI is InChI=1S/C27H32N4O4/c1-17-23(14-28-30-17)18-6-8-24(26(13-18)35-22-5-4-10-31(2)15-22)29-27(32)20-11-19-12-21(33-3)7-9-25(19)34-16-20/h6-9,12-14,20,22H,4-5,10-11,15-16H2,1-3H3,(H,28,30)(H,29,32)/t20-,22-/m0/s1. The number of fused-ring (bicyclic) bond motifs is 1. The summed E-state index contributed by atoms with van der Waals surface area (Å²) in [5, 5.41) is 10.3. The van der Waals surface area contributed by atoms with Gasteiger partial charge in [-0.05, 0) is 81.2 Å². The van der Waals surface area contributed by atoms with Crippen molar-refractivity contribution in [3.8, 4) is 28.4 Å². The van der Waals surface area contributed by atoms with Crippen LogP contribution in [0.25, 0.3) is 11.1 Å². The Morgan fingerprint density at radius 1 is 1.26 bits per heavy atom. The molecule has 8 heteroatoms. The molecule has 0 aliphatic carbocycles. The molecule has 35 heavy (non-hydrogen) atoms. The fourth-order valence-corrected chi connectivity index (χ4v) is 4.83. The largest absolute Gasteiger partial charge is 0.497 e. The lowest BCUT2D eigenvalue weighted by molar-refractivity contribution is -0.121. The highest BCUT2D eigenvalue weighted by atomic mass is 16.5. The van der Waals surface area contributed by atoms with Crippen LogP contribution < -0.4 is 19.5 Å². The minimum absolute atomic E-state index is 0.0717. The van der Waals surface area contributed by atoms with Crippen LogP contribution in [0.15, 0.2) is 42.6 Å². The minimum atomic E-state index is -0.306. The molecule has 3 heterocycles. The zero-order valence-electron chi connectivity index (χ0n) is 20.5. The molecule has 2 aliphatic heterocycles. The normalized spacial score (nSPS) is 20.0. The van der Waals surface area contributed by atoms with Crippen LogP contribution in [0.5, 0.6) is 17.2 Å². The average molecular weight is 477 g/mol. The van der Waals surface area contributed by atoms with E-state index in [1.807, 2.05) is 49.5 Å². The van der Waals surface area contributed by atoms with Crippen LogP contribution in [0.1, 0.15) is 24.1 Å². The highest BCUT2D eigenvalue weighted by Gasteiger charge is 2.28. The van der Waals surface area contributed by atoms with Crippen LogP contribution in [0.2, 0.25) is 0 Å². The number of nitrogens with one attached hydrogen (secondary N) is 2. The smallest absolute Gasteiger partial charge is 0.231 e. The molecular weight excluding hydrogens is 444 g/mol. The van der Waals surface area contributed by atoms with Gasteiger partial charge >= 0.3 is 0 Å². The van der Waals surface area contributed by atoms with E-state index < -0.39 is 0 Å². The summed E-state index contributed by atoms with van der Waals surface area (Å²) in [5.74, 6) is 1.85. The summed E-state index contributed by atoms with van der Waals surface area (Å²) in [6.45, 7) is 4.26. The number of rotatable bonds is 6. The molecule has 2 aliphatic rings. The van der Waals surface area contributed by atoms with E-state index in [9.17, 15) is 4.79 Å². The van der Waals surface area contributed by atoms with Gasteiger partial charge in [-0.25, -0.2) is 0 Å². The quantitative estimate of drug-likeness (QED) is 0.558. The van der Waals surface area contributed by atoms with Crippen LogP contribution in [0, 0.1) is 12.8 Å². The van der Waals surface area contributed by atoms with Gasteiger partial charge in [0.25, 0.3) is 0 Å². The number of ether oxygens (including phenoxy) is 3. The van der Waals surface area contributed by atoms with Crippen molar-refractivity contribution in [1.29, 1.82) is 0 Å².